The summed E-state index contributed by atoms with van der Waals surface area (Å²) in [5, 5.41) is 17.4. The molecule has 6 N–H and O–H groups in total. The Bertz CT molecular complexity index is 899. The van der Waals surface area contributed by atoms with Crippen LogP contribution in [-0.2, 0) is 27.2 Å². The van der Waals surface area contributed by atoms with Crippen molar-refractivity contribution in [1.82, 2.24) is 10.6 Å². The summed E-state index contributed by atoms with van der Waals surface area (Å²) >= 11 is 0. The third-order valence-corrected chi connectivity index (χ3v) is 4.88. The number of carbonyl (C=O) groups excluding carboxylic acids is 3. The molecule has 2 aromatic carbocycles. The lowest BCUT2D eigenvalue weighted by Crippen LogP contribution is -2.49. The van der Waals surface area contributed by atoms with Crippen LogP contribution in [0.3, 0.4) is 0 Å². The number of hydrogen-bond donors (Lipinski definition) is 5. The third-order valence-electron chi connectivity index (χ3n) is 4.88. The molecule has 0 aromatic heterocycles. The summed E-state index contributed by atoms with van der Waals surface area (Å²) < 4.78 is 0. The van der Waals surface area contributed by atoms with Gasteiger partial charge in [-0.05, 0) is 55.5 Å². The number of aromatic hydroxyl groups is 1. The van der Waals surface area contributed by atoms with Crippen LogP contribution in [0.4, 0.5) is 5.69 Å². The predicted molar refractivity (Wildman–Crippen MR) is 119 cm³/mol. The maximum Gasteiger partial charge on any atom is 0.246 e. The van der Waals surface area contributed by atoms with Gasteiger partial charge in [-0.3, -0.25) is 14.4 Å². The first kappa shape index (κ1) is 23.9. The Morgan fingerprint density at radius 3 is 2.39 bits per heavy atom. The second-order valence-electron chi connectivity index (χ2n) is 7.38. The molecule has 0 unspecified atom stereocenters. The Kier molecular flexibility index (Phi) is 9.02. The van der Waals surface area contributed by atoms with E-state index < -0.39 is 18.0 Å². The molecule has 2 atom stereocenters. The third kappa shape index (κ3) is 7.75. The van der Waals surface area contributed by atoms with Crippen LogP contribution in [0.5, 0.6) is 5.75 Å². The number of carbonyl (C=O) groups is 3. The van der Waals surface area contributed by atoms with E-state index in [1.54, 1.807) is 32.2 Å². The van der Waals surface area contributed by atoms with Crippen molar-refractivity contribution in [1.29, 1.82) is 0 Å². The average Bonchev–Trinajstić information content (AvgIpc) is 2.76. The van der Waals surface area contributed by atoms with Crippen LogP contribution in [0.15, 0.2) is 48.5 Å². The highest BCUT2D eigenvalue weighted by molar-refractivity contribution is 5.98. The molecular weight excluding hydrogens is 396 g/mol. The second-order valence-corrected chi connectivity index (χ2v) is 7.38. The molecule has 8 heteroatoms. The Morgan fingerprint density at radius 2 is 1.71 bits per heavy atom. The molecule has 0 radical (unpaired) electrons. The zero-order valence-corrected chi connectivity index (χ0v) is 17.9. The van der Waals surface area contributed by atoms with Gasteiger partial charge in [0.2, 0.25) is 17.7 Å². The van der Waals surface area contributed by atoms with E-state index in [0.29, 0.717) is 24.9 Å². The fourth-order valence-corrected chi connectivity index (χ4v) is 3.03. The van der Waals surface area contributed by atoms with Crippen molar-refractivity contribution >= 4 is 23.4 Å². The van der Waals surface area contributed by atoms with Gasteiger partial charge in [0.15, 0.2) is 0 Å². The number of amides is 3. The Labute approximate surface area is 182 Å². The molecule has 166 valence electrons. The number of nitrogens with one attached hydrogen (secondary N) is 3. The van der Waals surface area contributed by atoms with Crippen molar-refractivity contribution in [3.63, 3.8) is 0 Å². The fraction of sp³-hybridized carbons (Fsp3) is 0.348. The highest BCUT2D eigenvalue weighted by Gasteiger charge is 2.21. The minimum atomic E-state index is -0.822. The van der Waals surface area contributed by atoms with Gasteiger partial charge in [-0.1, -0.05) is 30.3 Å². The van der Waals surface area contributed by atoms with Crippen LogP contribution in [0.2, 0.25) is 0 Å². The molecule has 0 saturated heterocycles. The maximum absolute atomic E-state index is 12.6. The monoisotopic (exact) mass is 426 g/mol. The van der Waals surface area contributed by atoms with Crippen LogP contribution < -0.4 is 21.7 Å². The fourth-order valence-electron chi connectivity index (χ4n) is 3.03. The Morgan fingerprint density at radius 1 is 1.03 bits per heavy atom. The largest absolute Gasteiger partial charge is 0.508 e. The first-order valence-electron chi connectivity index (χ1n) is 10.2. The van der Waals surface area contributed by atoms with Gasteiger partial charge in [0, 0.05) is 19.2 Å². The number of nitrogens with two attached hydrogens (primary N) is 1. The molecule has 3 amide bonds. The summed E-state index contributed by atoms with van der Waals surface area (Å²) in [6.45, 7) is 1.59. The highest BCUT2D eigenvalue weighted by Crippen LogP contribution is 2.18. The molecule has 0 fully saturated rings. The molecule has 31 heavy (non-hydrogen) atoms. The maximum atomic E-state index is 12.6. The van der Waals surface area contributed by atoms with Gasteiger partial charge in [0.05, 0.1) is 6.04 Å². The van der Waals surface area contributed by atoms with Crippen molar-refractivity contribution in [2.45, 2.75) is 44.7 Å². The van der Waals surface area contributed by atoms with Gasteiger partial charge >= 0.3 is 0 Å². The van der Waals surface area contributed by atoms with Crippen molar-refractivity contribution in [2.24, 2.45) is 5.73 Å². The number of anilines is 1. The lowest BCUT2D eigenvalue weighted by Gasteiger charge is -2.18. The number of hydrogen-bond acceptors (Lipinski definition) is 5. The number of phenols is 1. The van der Waals surface area contributed by atoms with Gasteiger partial charge < -0.3 is 26.8 Å². The SMILES string of the molecule is CNC(=O)CCCc1ccccc1NC(=O)[C@@H](C)NC(=O)[C@@H](N)Cc1ccc(O)cc1. The van der Waals surface area contributed by atoms with Gasteiger partial charge in [-0.15, -0.1) is 0 Å². The van der Waals surface area contributed by atoms with Gasteiger partial charge in [0.25, 0.3) is 0 Å². The minimum Gasteiger partial charge on any atom is -0.508 e. The highest BCUT2D eigenvalue weighted by atomic mass is 16.3. The second kappa shape index (κ2) is 11.7. The molecule has 0 aliphatic heterocycles. The zero-order chi connectivity index (χ0) is 22.8. The lowest BCUT2D eigenvalue weighted by molar-refractivity contribution is -0.127. The van der Waals surface area contributed by atoms with Gasteiger partial charge in [-0.25, -0.2) is 0 Å². The van der Waals surface area contributed by atoms with E-state index >= 15 is 0 Å². The van der Waals surface area contributed by atoms with Crippen LogP contribution in [0.1, 0.15) is 30.9 Å². The van der Waals surface area contributed by atoms with Crippen LogP contribution in [-0.4, -0.2) is 42.0 Å². The molecule has 0 saturated carbocycles. The summed E-state index contributed by atoms with van der Waals surface area (Å²) in [5.74, 6) is -0.680. The number of aryl methyl sites for hydroxylation is 1. The van der Waals surface area contributed by atoms with Crippen LogP contribution in [0.25, 0.3) is 0 Å². The molecule has 0 heterocycles. The van der Waals surface area contributed by atoms with Crippen molar-refractivity contribution in [3.8, 4) is 5.75 Å². The lowest BCUT2D eigenvalue weighted by atomic mass is 10.0. The smallest absolute Gasteiger partial charge is 0.246 e. The standard InChI is InChI=1S/C23H30N4O4/c1-15(26-23(31)19(24)14-16-10-12-18(28)13-11-16)22(30)27-20-8-4-3-6-17(20)7-5-9-21(29)25-2/h3-4,6,8,10-13,15,19,28H,5,7,9,14,24H2,1-2H3,(H,25,29)(H,26,31)(H,27,30)/t15-,19+/m1/s1. The summed E-state index contributed by atoms with van der Waals surface area (Å²) in [7, 11) is 1.60. The minimum absolute atomic E-state index is 0.0264. The van der Waals surface area contributed by atoms with E-state index in [-0.39, 0.29) is 24.0 Å². The number of benzene rings is 2. The van der Waals surface area contributed by atoms with E-state index in [2.05, 4.69) is 16.0 Å². The molecule has 0 aliphatic carbocycles. The van der Waals surface area contributed by atoms with Crippen molar-refractivity contribution < 1.29 is 19.5 Å². The number of para-hydroxylation sites is 1. The first-order valence-corrected chi connectivity index (χ1v) is 10.2. The van der Waals surface area contributed by atoms with E-state index in [1.807, 2.05) is 18.2 Å². The topological polar surface area (TPSA) is 134 Å². The van der Waals surface area contributed by atoms with E-state index in [9.17, 15) is 19.5 Å². The van der Waals surface area contributed by atoms with Gasteiger partial charge in [-0.2, -0.15) is 0 Å². The molecule has 0 aliphatic rings. The number of rotatable bonds is 10. The first-order chi connectivity index (χ1) is 14.8. The summed E-state index contributed by atoms with van der Waals surface area (Å²) in [6, 6.07) is 12.2. The summed E-state index contributed by atoms with van der Waals surface area (Å²) in [4.78, 5) is 36.4. The number of phenolic OH excluding ortho intramolecular Hbond substituents is 1. The molecule has 0 bridgehead atoms. The molecule has 2 aromatic rings. The van der Waals surface area contributed by atoms with Crippen LogP contribution >= 0.6 is 0 Å². The summed E-state index contributed by atoms with van der Waals surface area (Å²) in [6.07, 6.45) is 1.99. The van der Waals surface area contributed by atoms with Crippen molar-refractivity contribution in [3.05, 3.63) is 59.7 Å². The predicted octanol–water partition coefficient (Wildman–Crippen LogP) is 1.47. The Hall–Kier alpha value is -3.39. The zero-order valence-electron chi connectivity index (χ0n) is 17.9. The quantitative estimate of drug-likeness (QED) is 0.392. The molecule has 2 rings (SSSR count). The van der Waals surface area contributed by atoms with E-state index in [1.165, 1.54) is 12.1 Å². The van der Waals surface area contributed by atoms with Crippen LogP contribution in [0, 0.1) is 0 Å². The molecule has 8 nitrogen and oxygen atoms in total. The van der Waals surface area contributed by atoms with E-state index in [0.717, 1.165) is 11.1 Å². The summed E-state index contributed by atoms with van der Waals surface area (Å²) in [5.41, 5.74) is 8.34. The van der Waals surface area contributed by atoms with Gasteiger partial charge in [0.1, 0.15) is 11.8 Å². The van der Waals surface area contributed by atoms with Crippen molar-refractivity contribution in [2.75, 3.05) is 12.4 Å². The van der Waals surface area contributed by atoms with E-state index in [4.69, 9.17) is 5.73 Å². The molecular formula is C23H30N4O4. The average molecular weight is 427 g/mol. The normalized spacial score (nSPS) is 12.5. The molecule has 0 spiro atoms. The Balaban J connectivity index is 1.89.